The van der Waals surface area contributed by atoms with E-state index in [2.05, 4.69) is 5.10 Å². The Morgan fingerprint density at radius 2 is 1.74 bits per heavy atom. The number of nitrogens with zero attached hydrogens (tertiary/aromatic N) is 2. The molecule has 19 heavy (non-hydrogen) atoms. The van der Waals surface area contributed by atoms with Crippen LogP contribution in [0.5, 0.6) is 0 Å². The van der Waals surface area contributed by atoms with Crippen molar-refractivity contribution in [1.29, 1.82) is 0 Å². The number of benzene rings is 1. The molecule has 4 heteroatoms. The van der Waals surface area contributed by atoms with Crippen LogP contribution in [-0.4, -0.2) is 21.3 Å². The number of aromatic nitrogens is 2. The van der Waals surface area contributed by atoms with Crippen molar-refractivity contribution < 1.29 is 9.59 Å². The van der Waals surface area contributed by atoms with Crippen LogP contribution in [0.25, 0.3) is 6.08 Å². The molecule has 0 N–H and O–H groups in total. The van der Waals surface area contributed by atoms with E-state index in [0.29, 0.717) is 16.8 Å². The highest BCUT2D eigenvalue weighted by molar-refractivity contribution is 6.41. The van der Waals surface area contributed by atoms with E-state index in [4.69, 9.17) is 0 Å². The van der Waals surface area contributed by atoms with Gasteiger partial charge in [0.25, 0.3) is 0 Å². The first-order valence-corrected chi connectivity index (χ1v) is 6.14. The maximum atomic E-state index is 12.2. The van der Waals surface area contributed by atoms with Gasteiger partial charge < -0.3 is 0 Å². The fraction of sp³-hybridized carbons (Fsp3) is 0.133. The lowest BCUT2D eigenvalue weighted by atomic mass is 10.1. The number of rotatable bonds is 2. The molecule has 2 aromatic rings. The minimum Gasteiger partial charge on any atom is -0.288 e. The van der Waals surface area contributed by atoms with Crippen molar-refractivity contribution in [2.75, 3.05) is 0 Å². The van der Waals surface area contributed by atoms with E-state index >= 15 is 0 Å². The fourth-order valence-corrected chi connectivity index (χ4v) is 2.18. The number of carbonyl (C=O) groups excluding carboxylic acids is 2. The molecule has 0 aliphatic heterocycles. The van der Waals surface area contributed by atoms with Crippen molar-refractivity contribution in [1.82, 2.24) is 9.78 Å². The number of allylic oxidation sites excluding steroid dienone is 1. The minimum atomic E-state index is -0.216. The number of hydrogen-bond acceptors (Lipinski definition) is 3. The molecule has 0 bridgehead atoms. The van der Waals surface area contributed by atoms with Crippen molar-refractivity contribution in [2.24, 2.45) is 0 Å². The monoisotopic (exact) mass is 252 g/mol. The van der Waals surface area contributed by atoms with Crippen LogP contribution in [0.1, 0.15) is 33.3 Å². The molecular formula is C15H12N2O2. The summed E-state index contributed by atoms with van der Waals surface area (Å²) in [5.74, 6) is -0.432. The van der Waals surface area contributed by atoms with Gasteiger partial charge >= 0.3 is 0 Å². The van der Waals surface area contributed by atoms with Gasteiger partial charge in [-0.25, -0.2) is 0 Å². The van der Waals surface area contributed by atoms with Gasteiger partial charge in [-0.15, -0.1) is 0 Å². The second-order valence-electron chi connectivity index (χ2n) is 4.36. The third-order valence-electron chi connectivity index (χ3n) is 3.18. The number of fused-ring (bicyclic) bond motifs is 1. The zero-order valence-electron chi connectivity index (χ0n) is 10.5. The standard InChI is InChI=1S/C15H12N2O2/c1-2-17-8-7-10(16-17)9-13-14(18)11-5-3-4-6-12(11)15(13)19/h3-9H,2H2,1H3. The average molecular weight is 252 g/mol. The third-order valence-corrected chi connectivity index (χ3v) is 3.18. The number of Topliss-reactive ketones (excluding diaryl/α,β-unsaturated/α-hetero) is 2. The molecule has 0 unspecified atom stereocenters. The molecule has 1 aliphatic carbocycles. The Balaban J connectivity index is 2.04. The van der Waals surface area contributed by atoms with E-state index in [-0.39, 0.29) is 17.1 Å². The molecule has 94 valence electrons. The number of carbonyl (C=O) groups is 2. The lowest BCUT2D eigenvalue weighted by molar-refractivity contribution is 0.0990. The molecule has 1 heterocycles. The predicted octanol–water partition coefficient (Wildman–Crippen LogP) is 2.37. The highest BCUT2D eigenvalue weighted by Crippen LogP contribution is 2.27. The van der Waals surface area contributed by atoms with E-state index < -0.39 is 0 Å². The van der Waals surface area contributed by atoms with Crippen LogP contribution in [-0.2, 0) is 6.54 Å². The Bertz CT molecular complexity index is 673. The van der Waals surface area contributed by atoms with Gasteiger partial charge in [-0.05, 0) is 19.1 Å². The Morgan fingerprint density at radius 1 is 1.11 bits per heavy atom. The van der Waals surface area contributed by atoms with E-state index in [9.17, 15) is 9.59 Å². The summed E-state index contributed by atoms with van der Waals surface area (Å²) < 4.78 is 1.75. The van der Waals surface area contributed by atoms with Gasteiger partial charge in [-0.2, -0.15) is 5.10 Å². The summed E-state index contributed by atoms with van der Waals surface area (Å²) in [6.45, 7) is 2.73. The summed E-state index contributed by atoms with van der Waals surface area (Å²) in [6, 6.07) is 8.68. The second-order valence-corrected chi connectivity index (χ2v) is 4.36. The van der Waals surface area contributed by atoms with Crippen LogP contribution < -0.4 is 0 Å². The summed E-state index contributed by atoms with van der Waals surface area (Å²) in [4.78, 5) is 24.3. The Kier molecular flexibility index (Phi) is 2.63. The van der Waals surface area contributed by atoms with Gasteiger partial charge in [0.15, 0.2) is 11.6 Å². The smallest absolute Gasteiger partial charge is 0.197 e. The van der Waals surface area contributed by atoms with Crippen molar-refractivity contribution >= 4 is 17.6 Å². The molecule has 3 rings (SSSR count). The molecular weight excluding hydrogens is 240 g/mol. The van der Waals surface area contributed by atoms with Crippen molar-refractivity contribution in [3.8, 4) is 0 Å². The summed E-state index contributed by atoms with van der Waals surface area (Å²) in [5, 5.41) is 4.26. The second kappa shape index (κ2) is 4.31. The predicted molar refractivity (Wildman–Crippen MR) is 71.0 cm³/mol. The van der Waals surface area contributed by atoms with Gasteiger partial charge in [0.2, 0.25) is 0 Å². The van der Waals surface area contributed by atoms with Crippen LogP contribution in [0.2, 0.25) is 0 Å². The van der Waals surface area contributed by atoms with Gasteiger partial charge in [-0.1, -0.05) is 24.3 Å². The summed E-state index contributed by atoms with van der Waals surface area (Å²) in [7, 11) is 0. The maximum absolute atomic E-state index is 12.2. The molecule has 0 atom stereocenters. The van der Waals surface area contributed by atoms with Crippen LogP contribution in [0.15, 0.2) is 42.1 Å². The SMILES string of the molecule is CCn1ccc(C=C2C(=O)c3ccccc3C2=O)n1. The lowest BCUT2D eigenvalue weighted by Gasteiger charge is -1.93. The fourth-order valence-electron chi connectivity index (χ4n) is 2.18. The van der Waals surface area contributed by atoms with Gasteiger partial charge in [-0.3, -0.25) is 14.3 Å². The largest absolute Gasteiger partial charge is 0.288 e. The van der Waals surface area contributed by atoms with Crippen molar-refractivity contribution in [3.63, 3.8) is 0 Å². The molecule has 4 nitrogen and oxygen atoms in total. The maximum Gasteiger partial charge on any atom is 0.197 e. The Labute approximate surface area is 110 Å². The summed E-state index contributed by atoms with van der Waals surface area (Å²) in [6.07, 6.45) is 3.39. The zero-order chi connectivity index (χ0) is 13.4. The zero-order valence-corrected chi connectivity index (χ0v) is 10.5. The van der Waals surface area contributed by atoms with E-state index in [1.807, 2.05) is 13.1 Å². The molecule has 0 fully saturated rings. The summed E-state index contributed by atoms with van der Waals surface area (Å²) >= 11 is 0. The number of hydrogen-bond donors (Lipinski definition) is 0. The number of aryl methyl sites for hydroxylation is 1. The topological polar surface area (TPSA) is 52.0 Å². The van der Waals surface area contributed by atoms with Gasteiger partial charge in [0.1, 0.15) is 0 Å². The average Bonchev–Trinajstić information content (AvgIpc) is 2.99. The first-order valence-electron chi connectivity index (χ1n) is 6.14. The quantitative estimate of drug-likeness (QED) is 0.609. The normalized spacial score (nSPS) is 13.8. The van der Waals surface area contributed by atoms with Crippen LogP contribution in [0.3, 0.4) is 0 Å². The first-order chi connectivity index (χ1) is 9.20. The molecule has 0 spiro atoms. The molecule has 1 aromatic heterocycles. The summed E-state index contributed by atoms with van der Waals surface area (Å²) in [5.41, 5.74) is 1.79. The Hall–Kier alpha value is -2.49. The van der Waals surface area contributed by atoms with Gasteiger partial charge in [0, 0.05) is 23.9 Å². The van der Waals surface area contributed by atoms with Gasteiger partial charge in [0.05, 0.1) is 11.3 Å². The number of ketones is 2. The van der Waals surface area contributed by atoms with E-state index in [1.54, 1.807) is 41.1 Å². The first kappa shape index (κ1) is 11.6. The minimum absolute atomic E-state index is 0.197. The van der Waals surface area contributed by atoms with Crippen LogP contribution >= 0.6 is 0 Å². The molecule has 1 aromatic carbocycles. The molecule has 0 amide bonds. The van der Waals surface area contributed by atoms with Crippen molar-refractivity contribution in [2.45, 2.75) is 13.5 Å². The molecule has 0 saturated heterocycles. The highest BCUT2D eigenvalue weighted by atomic mass is 16.2. The molecule has 0 saturated carbocycles. The highest BCUT2D eigenvalue weighted by Gasteiger charge is 2.32. The Morgan fingerprint density at radius 3 is 2.26 bits per heavy atom. The molecule has 0 radical (unpaired) electrons. The van der Waals surface area contributed by atoms with Crippen LogP contribution in [0.4, 0.5) is 0 Å². The van der Waals surface area contributed by atoms with E-state index in [1.165, 1.54) is 0 Å². The lowest BCUT2D eigenvalue weighted by Crippen LogP contribution is -2.01. The van der Waals surface area contributed by atoms with Crippen molar-refractivity contribution in [3.05, 3.63) is 58.9 Å². The van der Waals surface area contributed by atoms with E-state index in [0.717, 1.165) is 6.54 Å². The van der Waals surface area contributed by atoms with Crippen LogP contribution in [0, 0.1) is 0 Å². The third kappa shape index (κ3) is 1.81. The molecule has 1 aliphatic rings.